The highest BCUT2D eigenvalue weighted by Crippen LogP contribution is 2.44. The summed E-state index contributed by atoms with van der Waals surface area (Å²) in [5.41, 5.74) is -0.146. The van der Waals surface area contributed by atoms with E-state index in [4.69, 9.17) is 9.47 Å². The zero-order chi connectivity index (χ0) is 16.6. The molecule has 2 aromatic carbocycles. The Balaban J connectivity index is 2.31. The molecule has 7 heteroatoms. The van der Waals surface area contributed by atoms with Crippen molar-refractivity contribution in [3.05, 3.63) is 42.1 Å². The number of hydrogen-bond acceptors (Lipinski definition) is 4. The van der Waals surface area contributed by atoms with Crippen molar-refractivity contribution in [2.75, 3.05) is 14.2 Å². The molecular weight excluding hydrogens is 327 g/mol. The summed E-state index contributed by atoms with van der Waals surface area (Å²) >= 11 is 1.28. The molecule has 0 aliphatic rings. The van der Waals surface area contributed by atoms with Gasteiger partial charge in [-0.05, 0) is 22.9 Å². The van der Waals surface area contributed by atoms with Gasteiger partial charge in [-0.25, -0.2) is 4.98 Å². The number of alkyl halides is 3. The molecule has 0 atom stereocenters. The minimum absolute atomic E-state index is 0.0866. The van der Waals surface area contributed by atoms with Crippen LogP contribution in [-0.2, 0) is 6.18 Å². The van der Waals surface area contributed by atoms with Crippen LogP contribution < -0.4 is 9.47 Å². The zero-order valence-electron chi connectivity index (χ0n) is 12.3. The number of thiazole rings is 1. The lowest BCUT2D eigenvalue weighted by Crippen LogP contribution is -2.08. The van der Waals surface area contributed by atoms with E-state index in [1.807, 2.05) is 0 Å². The molecule has 1 aromatic heterocycles. The Morgan fingerprint density at radius 3 is 2.39 bits per heavy atom. The summed E-state index contributed by atoms with van der Waals surface area (Å²) in [6.07, 6.45) is -2.96. The van der Waals surface area contributed by atoms with Crippen LogP contribution in [0.2, 0.25) is 0 Å². The molecule has 0 N–H and O–H groups in total. The number of fused-ring (bicyclic) bond motifs is 1. The second kappa shape index (κ2) is 5.73. The van der Waals surface area contributed by atoms with Crippen molar-refractivity contribution >= 4 is 22.1 Å². The van der Waals surface area contributed by atoms with Crippen LogP contribution in [0.4, 0.5) is 13.2 Å². The maximum atomic E-state index is 13.4. The molecule has 0 saturated heterocycles. The van der Waals surface area contributed by atoms with Crippen molar-refractivity contribution in [2.24, 2.45) is 0 Å². The van der Waals surface area contributed by atoms with E-state index in [2.05, 4.69) is 4.98 Å². The number of rotatable bonds is 3. The second-order valence-electron chi connectivity index (χ2n) is 4.73. The molecule has 0 aliphatic carbocycles. The van der Waals surface area contributed by atoms with Crippen molar-refractivity contribution in [2.45, 2.75) is 6.18 Å². The van der Waals surface area contributed by atoms with Gasteiger partial charge in [-0.2, -0.15) is 13.2 Å². The van der Waals surface area contributed by atoms with Crippen LogP contribution in [-0.4, -0.2) is 19.2 Å². The van der Waals surface area contributed by atoms with Crippen LogP contribution in [0.3, 0.4) is 0 Å². The Kier molecular flexibility index (Phi) is 3.89. The maximum Gasteiger partial charge on any atom is 0.420 e. The van der Waals surface area contributed by atoms with E-state index < -0.39 is 11.7 Å². The normalized spacial score (nSPS) is 11.7. The molecule has 0 bridgehead atoms. The predicted molar refractivity (Wildman–Crippen MR) is 83.2 cm³/mol. The van der Waals surface area contributed by atoms with Gasteiger partial charge in [-0.15, -0.1) is 0 Å². The largest absolute Gasteiger partial charge is 0.496 e. The van der Waals surface area contributed by atoms with Gasteiger partial charge in [-0.3, -0.25) is 0 Å². The van der Waals surface area contributed by atoms with Gasteiger partial charge in [0.25, 0.3) is 0 Å². The van der Waals surface area contributed by atoms with Gasteiger partial charge in [0.2, 0.25) is 0 Å². The van der Waals surface area contributed by atoms with E-state index >= 15 is 0 Å². The van der Waals surface area contributed by atoms with Gasteiger partial charge in [0.1, 0.15) is 16.3 Å². The number of aromatic nitrogens is 1. The van der Waals surface area contributed by atoms with Crippen LogP contribution in [0.25, 0.3) is 21.3 Å². The monoisotopic (exact) mass is 339 g/mol. The summed E-state index contributed by atoms with van der Waals surface area (Å²) in [4.78, 5) is 4.22. The number of nitrogens with zero attached hydrogens (tertiary/aromatic N) is 1. The van der Waals surface area contributed by atoms with Gasteiger partial charge >= 0.3 is 6.18 Å². The number of halogens is 3. The Hall–Kier alpha value is -2.28. The third kappa shape index (κ3) is 2.72. The molecule has 0 amide bonds. The van der Waals surface area contributed by atoms with Crippen LogP contribution >= 0.6 is 11.3 Å². The lowest BCUT2D eigenvalue weighted by atomic mass is 9.99. The molecule has 0 unspecified atom stereocenters. The molecule has 120 valence electrons. The molecule has 3 nitrogen and oxygen atoms in total. The van der Waals surface area contributed by atoms with Crippen molar-refractivity contribution in [1.29, 1.82) is 0 Å². The first-order valence-electron chi connectivity index (χ1n) is 6.63. The standard InChI is InChI=1S/C16H12F3NO2S/c1-21-12-7-6-9-10(14(12)16(17,18)19)4-3-5-11(9)15-20-8-13(22-2)23-15/h3-8H,1-2H3. The molecule has 3 aromatic rings. The first-order chi connectivity index (χ1) is 11.0. The van der Waals surface area contributed by atoms with Gasteiger partial charge in [0.15, 0.2) is 5.06 Å². The molecule has 0 aliphatic heterocycles. The van der Waals surface area contributed by atoms with Crippen molar-refractivity contribution < 1.29 is 22.6 Å². The Labute approximate surface area is 134 Å². The lowest BCUT2D eigenvalue weighted by Gasteiger charge is -2.16. The van der Waals surface area contributed by atoms with Crippen LogP contribution in [0.5, 0.6) is 10.8 Å². The summed E-state index contributed by atoms with van der Waals surface area (Å²) in [5, 5.41) is 1.76. The van der Waals surface area contributed by atoms with E-state index in [1.165, 1.54) is 37.7 Å². The van der Waals surface area contributed by atoms with E-state index in [-0.39, 0.29) is 11.1 Å². The van der Waals surface area contributed by atoms with E-state index in [1.54, 1.807) is 24.4 Å². The Morgan fingerprint density at radius 1 is 1.00 bits per heavy atom. The summed E-state index contributed by atoms with van der Waals surface area (Å²) in [6.45, 7) is 0. The fourth-order valence-electron chi connectivity index (χ4n) is 2.47. The summed E-state index contributed by atoms with van der Waals surface area (Å²) in [6, 6.07) is 7.72. The maximum absolute atomic E-state index is 13.4. The fourth-order valence-corrected chi connectivity index (χ4v) is 3.24. The first kappa shape index (κ1) is 15.6. The quantitative estimate of drug-likeness (QED) is 0.673. The van der Waals surface area contributed by atoms with Gasteiger partial charge in [0, 0.05) is 5.56 Å². The van der Waals surface area contributed by atoms with Crippen molar-refractivity contribution in [3.8, 4) is 21.4 Å². The zero-order valence-corrected chi connectivity index (χ0v) is 13.1. The predicted octanol–water partition coefficient (Wildman–Crippen LogP) is 5.00. The highest BCUT2D eigenvalue weighted by molar-refractivity contribution is 7.16. The average molecular weight is 339 g/mol. The molecule has 0 saturated carbocycles. The fraction of sp³-hybridized carbons (Fsp3) is 0.188. The number of ether oxygens (including phenoxy) is 2. The number of methoxy groups -OCH3 is 2. The third-order valence-electron chi connectivity index (χ3n) is 3.44. The van der Waals surface area contributed by atoms with Crippen LogP contribution in [0, 0.1) is 0 Å². The van der Waals surface area contributed by atoms with Gasteiger partial charge < -0.3 is 9.47 Å². The lowest BCUT2D eigenvalue weighted by molar-refractivity contribution is -0.137. The second-order valence-corrected chi connectivity index (χ2v) is 5.72. The molecule has 23 heavy (non-hydrogen) atoms. The molecule has 1 heterocycles. The molecule has 3 rings (SSSR count). The average Bonchev–Trinajstić information content (AvgIpc) is 3.00. The topological polar surface area (TPSA) is 31.4 Å². The summed E-state index contributed by atoms with van der Waals surface area (Å²) < 4.78 is 50.3. The van der Waals surface area contributed by atoms with Crippen molar-refractivity contribution in [1.82, 2.24) is 4.98 Å². The van der Waals surface area contributed by atoms with E-state index in [0.29, 0.717) is 21.0 Å². The van der Waals surface area contributed by atoms with Crippen LogP contribution in [0.1, 0.15) is 5.56 Å². The first-order valence-corrected chi connectivity index (χ1v) is 7.44. The summed E-state index contributed by atoms with van der Waals surface area (Å²) in [7, 11) is 2.75. The highest BCUT2D eigenvalue weighted by atomic mass is 32.1. The number of hydrogen-bond donors (Lipinski definition) is 0. The van der Waals surface area contributed by atoms with Gasteiger partial charge in [0.05, 0.1) is 20.4 Å². The number of benzene rings is 2. The van der Waals surface area contributed by atoms with Crippen molar-refractivity contribution in [3.63, 3.8) is 0 Å². The summed E-state index contributed by atoms with van der Waals surface area (Å²) in [5.74, 6) is -0.195. The third-order valence-corrected chi connectivity index (χ3v) is 4.43. The molecule has 0 spiro atoms. The minimum atomic E-state index is -4.51. The Morgan fingerprint density at radius 2 is 1.78 bits per heavy atom. The Bertz CT molecular complexity index is 858. The van der Waals surface area contributed by atoms with Gasteiger partial charge in [-0.1, -0.05) is 29.5 Å². The van der Waals surface area contributed by atoms with Crippen LogP contribution in [0.15, 0.2) is 36.5 Å². The highest BCUT2D eigenvalue weighted by Gasteiger charge is 2.36. The minimum Gasteiger partial charge on any atom is -0.496 e. The molecular formula is C16H12F3NO2S. The smallest absolute Gasteiger partial charge is 0.420 e. The van der Waals surface area contributed by atoms with E-state index in [0.717, 1.165) is 0 Å². The molecule has 0 radical (unpaired) electrons. The van der Waals surface area contributed by atoms with E-state index in [9.17, 15) is 13.2 Å². The SMILES string of the molecule is COc1cnc(-c2cccc3c(C(F)(F)F)c(OC)ccc23)s1. The molecule has 0 fully saturated rings.